The zero-order chi connectivity index (χ0) is 32.7. The van der Waals surface area contributed by atoms with Crippen LogP contribution in [-0.2, 0) is 12.8 Å². The van der Waals surface area contributed by atoms with Gasteiger partial charge in [-0.1, -0.05) is 140 Å². The monoisotopic (exact) mass is 654 g/mol. The van der Waals surface area contributed by atoms with Crippen molar-refractivity contribution in [3.63, 3.8) is 0 Å². The highest BCUT2D eigenvalue weighted by Crippen LogP contribution is 2.42. The molecular formula is C46H54OS. The Balaban J connectivity index is 1.06. The maximum Gasteiger partial charge on any atom is 0.136 e. The third kappa shape index (κ3) is 7.60. The lowest BCUT2D eigenvalue weighted by atomic mass is 9.99. The van der Waals surface area contributed by atoms with Crippen molar-refractivity contribution in [2.24, 2.45) is 0 Å². The van der Waals surface area contributed by atoms with Gasteiger partial charge in [0.1, 0.15) is 11.2 Å². The molecule has 0 bridgehead atoms. The van der Waals surface area contributed by atoms with Crippen LogP contribution in [0.5, 0.6) is 0 Å². The molecule has 5 aromatic carbocycles. The third-order valence-corrected chi connectivity index (χ3v) is 11.9. The average molecular weight is 655 g/mol. The minimum Gasteiger partial charge on any atom is -0.456 e. The van der Waals surface area contributed by atoms with Crippen molar-refractivity contribution < 1.29 is 4.42 Å². The Morgan fingerprint density at radius 1 is 0.396 bits per heavy atom. The number of fused-ring (bicyclic) bond motifs is 8. The van der Waals surface area contributed by atoms with E-state index < -0.39 is 0 Å². The van der Waals surface area contributed by atoms with Gasteiger partial charge in [-0.2, -0.15) is 0 Å². The van der Waals surface area contributed by atoms with Gasteiger partial charge in [0.15, 0.2) is 0 Å². The Bertz CT molecular complexity index is 1970. The molecule has 2 heterocycles. The molecule has 7 rings (SSSR count). The topological polar surface area (TPSA) is 13.1 Å². The lowest BCUT2D eigenvalue weighted by molar-refractivity contribution is 0.575. The summed E-state index contributed by atoms with van der Waals surface area (Å²) in [7, 11) is 0. The molecule has 0 aliphatic carbocycles. The quantitative estimate of drug-likeness (QED) is 0.0839. The maximum atomic E-state index is 6.57. The van der Waals surface area contributed by atoms with Crippen molar-refractivity contribution in [2.75, 3.05) is 0 Å². The highest BCUT2D eigenvalue weighted by Gasteiger charge is 2.14. The summed E-state index contributed by atoms with van der Waals surface area (Å²) in [5.41, 5.74) is 4.92. The van der Waals surface area contributed by atoms with Crippen molar-refractivity contribution in [3.8, 4) is 0 Å². The predicted molar refractivity (Wildman–Crippen MR) is 214 cm³/mol. The van der Waals surface area contributed by atoms with E-state index in [0.717, 1.165) is 11.2 Å². The standard InChI is InChI=1S/C46H54OS/c1-3-5-7-9-11-13-15-17-19-33-21-23-35-27-39-40-32-46-42(31-44(40)47-43(39)29-37(35)25-33)41-28-36-24-22-34(26-38(36)30-45(41)48-46)20-18-16-14-12-10-8-6-4-2/h21-32H,3-20H2,1-2H3. The van der Waals surface area contributed by atoms with E-state index in [4.69, 9.17) is 4.42 Å². The average Bonchev–Trinajstić information content (AvgIpc) is 3.63. The second-order valence-corrected chi connectivity index (χ2v) is 15.6. The number of unbranched alkanes of at least 4 members (excludes halogenated alkanes) is 14. The van der Waals surface area contributed by atoms with Crippen LogP contribution in [0.4, 0.5) is 0 Å². The van der Waals surface area contributed by atoms with E-state index in [9.17, 15) is 0 Å². The Labute approximate surface area is 291 Å². The van der Waals surface area contributed by atoms with Gasteiger partial charge < -0.3 is 4.42 Å². The number of hydrogen-bond donors (Lipinski definition) is 0. The Kier molecular flexibility index (Phi) is 11.0. The number of furan rings is 1. The van der Waals surface area contributed by atoms with Crippen molar-refractivity contribution in [1.82, 2.24) is 0 Å². The molecule has 0 atom stereocenters. The lowest BCUT2D eigenvalue weighted by Gasteiger charge is -2.05. The molecule has 0 fully saturated rings. The molecule has 7 aromatic rings. The van der Waals surface area contributed by atoms with Gasteiger partial charge in [0.05, 0.1) is 0 Å². The van der Waals surface area contributed by atoms with Crippen LogP contribution in [0.3, 0.4) is 0 Å². The fourth-order valence-electron chi connectivity index (χ4n) is 7.87. The summed E-state index contributed by atoms with van der Waals surface area (Å²) in [6, 6.07) is 28.3. The molecule has 0 spiro atoms. The minimum absolute atomic E-state index is 0.993. The zero-order valence-corrected chi connectivity index (χ0v) is 30.3. The van der Waals surface area contributed by atoms with E-state index in [0.29, 0.717) is 0 Å². The summed E-state index contributed by atoms with van der Waals surface area (Å²) in [6.45, 7) is 4.59. The normalized spacial score (nSPS) is 12.2. The zero-order valence-electron chi connectivity index (χ0n) is 29.5. The molecule has 250 valence electrons. The Hall–Kier alpha value is -3.36. The second-order valence-electron chi connectivity index (χ2n) is 14.6. The van der Waals surface area contributed by atoms with E-state index in [-0.39, 0.29) is 0 Å². The van der Waals surface area contributed by atoms with Crippen LogP contribution in [0.2, 0.25) is 0 Å². The summed E-state index contributed by atoms with van der Waals surface area (Å²) in [4.78, 5) is 0. The van der Waals surface area contributed by atoms with Crippen LogP contribution in [0.1, 0.15) is 128 Å². The minimum atomic E-state index is 0.993. The van der Waals surface area contributed by atoms with Crippen molar-refractivity contribution in [2.45, 2.75) is 129 Å². The Morgan fingerprint density at radius 3 is 1.46 bits per heavy atom. The number of rotatable bonds is 18. The van der Waals surface area contributed by atoms with E-state index in [2.05, 4.69) is 86.6 Å². The first kappa shape index (κ1) is 33.2. The van der Waals surface area contributed by atoms with Crippen LogP contribution in [0.25, 0.3) is 63.7 Å². The summed E-state index contributed by atoms with van der Waals surface area (Å²) in [5.74, 6) is 0. The van der Waals surface area contributed by atoms with E-state index in [1.54, 1.807) is 0 Å². The molecule has 2 heteroatoms. The Morgan fingerprint density at radius 2 is 0.854 bits per heavy atom. The van der Waals surface area contributed by atoms with E-state index in [1.807, 2.05) is 11.3 Å². The molecule has 0 aliphatic rings. The number of hydrogen-bond acceptors (Lipinski definition) is 2. The lowest BCUT2D eigenvalue weighted by Crippen LogP contribution is -1.87. The number of aryl methyl sites for hydroxylation is 2. The molecule has 0 saturated carbocycles. The molecule has 0 radical (unpaired) electrons. The molecule has 0 aliphatic heterocycles. The maximum absolute atomic E-state index is 6.57. The summed E-state index contributed by atoms with van der Waals surface area (Å²) in [5, 5.41) is 10.4. The molecule has 1 nitrogen and oxygen atoms in total. The smallest absolute Gasteiger partial charge is 0.136 e. The molecule has 0 unspecified atom stereocenters. The van der Waals surface area contributed by atoms with Gasteiger partial charge in [-0.25, -0.2) is 0 Å². The van der Waals surface area contributed by atoms with Crippen LogP contribution in [0, 0.1) is 0 Å². The van der Waals surface area contributed by atoms with Crippen LogP contribution >= 0.6 is 11.3 Å². The first-order valence-corrected chi connectivity index (χ1v) is 20.2. The number of thiophene rings is 1. The van der Waals surface area contributed by atoms with Crippen LogP contribution < -0.4 is 0 Å². The van der Waals surface area contributed by atoms with E-state index >= 15 is 0 Å². The van der Waals surface area contributed by atoms with Gasteiger partial charge in [-0.3, -0.25) is 0 Å². The first-order valence-electron chi connectivity index (χ1n) is 19.4. The van der Waals surface area contributed by atoms with Crippen molar-refractivity contribution >= 4 is 75.0 Å². The van der Waals surface area contributed by atoms with Crippen LogP contribution in [-0.4, -0.2) is 0 Å². The predicted octanol–water partition coefficient (Wildman–Crippen LogP) is 15.6. The van der Waals surface area contributed by atoms with Gasteiger partial charge in [0.2, 0.25) is 0 Å². The van der Waals surface area contributed by atoms with Crippen LogP contribution in [0.15, 0.2) is 77.2 Å². The van der Waals surface area contributed by atoms with Gasteiger partial charge in [0, 0.05) is 30.9 Å². The van der Waals surface area contributed by atoms with Gasteiger partial charge >= 0.3 is 0 Å². The van der Waals surface area contributed by atoms with Crippen molar-refractivity contribution in [3.05, 3.63) is 83.9 Å². The highest BCUT2D eigenvalue weighted by molar-refractivity contribution is 7.26. The summed E-state index contributed by atoms with van der Waals surface area (Å²) < 4.78 is 9.28. The fraction of sp³-hybridized carbons (Fsp3) is 0.435. The summed E-state index contributed by atoms with van der Waals surface area (Å²) in [6.07, 6.45) is 24.3. The molecule has 0 amide bonds. The van der Waals surface area contributed by atoms with E-state index in [1.165, 1.54) is 179 Å². The molecule has 0 N–H and O–H groups in total. The van der Waals surface area contributed by atoms with Gasteiger partial charge in [0.25, 0.3) is 0 Å². The van der Waals surface area contributed by atoms with Gasteiger partial charge in [-0.15, -0.1) is 11.3 Å². The summed E-state index contributed by atoms with van der Waals surface area (Å²) >= 11 is 1.92. The first-order chi connectivity index (χ1) is 23.7. The third-order valence-electron chi connectivity index (χ3n) is 10.7. The SMILES string of the molecule is CCCCCCCCCCc1ccc2cc3c(cc2c1)oc1cc2c(cc13)sc1cc3cc(CCCCCCCCCC)ccc3cc12. The molecule has 0 saturated heterocycles. The number of benzene rings is 5. The second kappa shape index (κ2) is 15.9. The molecule has 48 heavy (non-hydrogen) atoms. The van der Waals surface area contributed by atoms with Crippen molar-refractivity contribution in [1.29, 1.82) is 0 Å². The highest BCUT2D eigenvalue weighted by atomic mass is 32.1. The largest absolute Gasteiger partial charge is 0.456 e. The molecule has 2 aromatic heterocycles. The van der Waals surface area contributed by atoms with Gasteiger partial charge in [-0.05, 0) is 94.8 Å². The molecular weight excluding hydrogens is 601 g/mol. The fourth-order valence-corrected chi connectivity index (χ4v) is 9.02.